The molecule has 0 atom stereocenters. The van der Waals surface area contributed by atoms with Gasteiger partial charge in [0.25, 0.3) is 0 Å². The maximum Gasteiger partial charge on any atom is 0.388 e. The van der Waals surface area contributed by atoms with Gasteiger partial charge in [0.05, 0.1) is 30.0 Å². The highest BCUT2D eigenvalue weighted by molar-refractivity contribution is 7.93. The fourth-order valence-corrected chi connectivity index (χ4v) is 4.79. The zero-order chi connectivity index (χ0) is 24.8. The summed E-state index contributed by atoms with van der Waals surface area (Å²) in [5.41, 5.74) is 0.603. The van der Waals surface area contributed by atoms with Crippen molar-refractivity contribution in [1.82, 2.24) is 14.4 Å². The molecular weight excluding hydrogens is 482 g/mol. The van der Waals surface area contributed by atoms with Gasteiger partial charge in [-0.05, 0) is 26.8 Å². The quantitative estimate of drug-likeness (QED) is 0.520. The van der Waals surface area contributed by atoms with E-state index in [0.29, 0.717) is 11.3 Å². The number of methoxy groups -OCH3 is 1. The minimum absolute atomic E-state index is 0.0793. The van der Waals surface area contributed by atoms with Gasteiger partial charge in [-0.3, -0.25) is 9.12 Å². The summed E-state index contributed by atoms with van der Waals surface area (Å²) >= 11 is 0. The van der Waals surface area contributed by atoms with Gasteiger partial charge >= 0.3 is 6.61 Å². The number of aromatic nitrogens is 3. The third kappa shape index (κ3) is 5.00. The first kappa shape index (κ1) is 24.6. The fraction of sp³-hybridized carbons (Fsp3) is 0.368. The van der Waals surface area contributed by atoms with Crippen molar-refractivity contribution in [3.05, 3.63) is 30.7 Å². The molecule has 14 heteroatoms. The number of hydrogen-bond acceptors (Lipinski definition) is 8. The number of halogens is 2. The van der Waals surface area contributed by atoms with E-state index in [0.717, 1.165) is 6.26 Å². The minimum Gasteiger partial charge on any atom is -0.495 e. The first-order valence-electron chi connectivity index (χ1n) is 9.37. The number of alkyl halides is 2. The molecule has 0 radical (unpaired) electrons. The van der Waals surface area contributed by atoms with Crippen LogP contribution in [0, 0.1) is 0 Å². The molecule has 0 aliphatic heterocycles. The molecule has 3 heterocycles. The summed E-state index contributed by atoms with van der Waals surface area (Å²) in [6, 6.07) is 2.68. The molecule has 0 bridgehead atoms. The molecule has 0 saturated heterocycles. The van der Waals surface area contributed by atoms with Gasteiger partial charge in [-0.2, -0.15) is 8.78 Å². The highest BCUT2D eigenvalue weighted by atomic mass is 32.2. The normalized spacial score (nSPS) is 12.8. The summed E-state index contributed by atoms with van der Waals surface area (Å²) in [6.07, 6.45) is 4.76. The van der Waals surface area contributed by atoms with Crippen LogP contribution in [0.3, 0.4) is 0 Å². The Bertz CT molecular complexity index is 1410. The average Bonchev–Trinajstić information content (AvgIpc) is 3.08. The molecule has 0 aliphatic carbocycles. The van der Waals surface area contributed by atoms with E-state index in [2.05, 4.69) is 19.4 Å². The second-order valence-corrected chi connectivity index (χ2v) is 12.4. The molecule has 0 spiro atoms. The monoisotopic (exact) mass is 504 g/mol. The minimum atomic E-state index is -3.85. The predicted molar refractivity (Wildman–Crippen MR) is 117 cm³/mol. The van der Waals surface area contributed by atoms with Crippen molar-refractivity contribution in [3.8, 4) is 22.9 Å². The third-order valence-electron chi connectivity index (χ3n) is 4.53. The topological polar surface area (TPSA) is 129 Å². The summed E-state index contributed by atoms with van der Waals surface area (Å²) in [5.74, 6) is -0.515. The maximum absolute atomic E-state index is 13.1. The number of nitrogens with one attached hydrogen (secondary N) is 1. The third-order valence-corrected chi connectivity index (χ3v) is 7.62. The van der Waals surface area contributed by atoms with Crippen LogP contribution in [0.2, 0.25) is 0 Å². The molecule has 0 aromatic carbocycles. The molecule has 180 valence electrons. The van der Waals surface area contributed by atoms with Crippen molar-refractivity contribution in [3.63, 3.8) is 0 Å². The van der Waals surface area contributed by atoms with Crippen LogP contribution in [-0.4, -0.2) is 55.9 Å². The number of pyridine rings is 2. The largest absolute Gasteiger partial charge is 0.495 e. The van der Waals surface area contributed by atoms with Gasteiger partial charge in [0, 0.05) is 24.0 Å². The SMILES string of the molecule is COc1cc2ncc(-c3cnc(OC(F)F)c(NS(C)(=O)=O)c3)n2cc1S(=O)(=O)C(C)(C)C. The standard InChI is InChI=1S/C19H22F2N4O6S2/c1-19(2,3)33(28,29)15-10-25-13(9-22-16(25)7-14(15)30-4)11-6-12(24-32(5,26)27)17(23-8-11)31-18(20)21/h6-10,18,24H,1-5H3. The predicted octanol–water partition coefficient (Wildman–Crippen LogP) is 2.95. The molecule has 3 aromatic rings. The van der Waals surface area contributed by atoms with Gasteiger partial charge in [-0.25, -0.2) is 26.8 Å². The molecule has 0 aliphatic rings. The number of imidazole rings is 1. The lowest BCUT2D eigenvalue weighted by molar-refractivity contribution is -0.0522. The van der Waals surface area contributed by atoms with E-state index >= 15 is 0 Å². The second kappa shape index (κ2) is 8.41. The molecule has 0 amide bonds. The van der Waals surface area contributed by atoms with Crippen molar-refractivity contribution in [2.75, 3.05) is 18.1 Å². The fourth-order valence-electron chi connectivity index (χ4n) is 2.94. The number of sulfone groups is 1. The van der Waals surface area contributed by atoms with Crippen LogP contribution in [0.15, 0.2) is 35.6 Å². The van der Waals surface area contributed by atoms with Gasteiger partial charge in [0.1, 0.15) is 22.0 Å². The molecule has 3 rings (SSSR count). The smallest absolute Gasteiger partial charge is 0.388 e. The van der Waals surface area contributed by atoms with Crippen LogP contribution in [-0.2, 0) is 19.9 Å². The van der Waals surface area contributed by atoms with Crippen molar-refractivity contribution < 1.29 is 35.1 Å². The Hall–Kier alpha value is -3.00. The Kier molecular flexibility index (Phi) is 6.28. The maximum atomic E-state index is 13.1. The van der Waals surface area contributed by atoms with Crippen LogP contribution in [0.25, 0.3) is 16.9 Å². The van der Waals surface area contributed by atoms with E-state index < -0.39 is 37.1 Å². The number of fused-ring (bicyclic) bond motifs is 1. The summed E-state index contributed by atoms with van der Waals surface area (Å²) in [5, 5.41) is 0. The van der Waals surface area contributed by atoms with Gasteiger partial charge in [-0.15, -0.1) is 0 Å². The van der Waals surface area contributed by atoms with Gasteiger partial charge < -0.3 is 9.47 Å². The van der Waals surface area contributed by atoms with Gasteiger partial charge in [-0.1, -0.05) is 0 Å². The number of anilines is 1. The number of sulfonamides is 1. The van der Waals surface area contributed by atoms with E-state index in [-0.39, 0.29) is 21.9 Å². The summed E-state index contributed by atoms with van der Waals surface area (Å²) in [6.45, 7) is 1.43. The lowest BCUT2D eigenvalue weighted by Gasteiger charge is -2.21. The lowest BCUT2D eigenvalue weighted by Crippen LogP contribution is -2.28. The Balaban J connectivity index is 2.24. The molecule has 1 N–H and O–H groups in total. The lowest BCUT2D eigenvalue weighted by atomic mass is 10.2. The summed E-state index contributed by atoms with van der Waals surface area (Å²) in [7, 11) is -6.33. The highest BCUT2D eigenvalue weighted by Gasteiger charge is 2.34. The second-order valence-electron chi connectivity index (χ2n) is 8.02. The van der Waals surface area contributed by atoms with Gasteiger partial charge in [0.2, 0.25) is 15.9 Å². The first-order valence-corrected chi connectivity index (χ1v) is 12.7. The van der Waals surface area contributed by atoms with Crippen LogP contribution < -0.4 is 14.2 Å². The van der Waals surface area contributed by atoms with Crippen molar-refractivity contribution >= 4 is 31.2 Å². The van der Waals surface area contributed by atoms with Crippen molar-refractivity contribution in [1.29, 1.82) is 0 Å². The van der Waals surface area contributed by atoms with Crippen LogP contribution in [0.1, 0.15) is 20.8 Å². The van der Waals surface area contributed by atoms with Crippen LogP contribution in [0.5, 0.6) is 11.6 Å². The Morgan fingerprint density at radius 1 is 1.09 bits per heavy atom. The molecule has 10 nitrogen and oxygen atoms in total. The Morgan fingerprint density at radius 3 is 2.30 bits per heavy atom. The van der Waals surface area contributed by atoms with E-state index in [1.807, 2.05) is 0 Å². The van der Waals surface area contributed by atoms with Crippen LogP contribution >= 0.6 is 0 Å². The van der Waals surface area contributed by atoms with Gasteiger partial charge in [0.15, 0.2) is 9.84 Å². The molecular formula is C19H22F2N4O6S2. The average molecular weight is 505 g/mol. The van der Waals surface area contributed by atoms with Crippen molar-refractivity contribution in [2.45, 2.75) is 37.0 Å². The highest BCUT2D eigenvalue weighted by Crippen LogP contribution is 2.35. The molecule has 33 heavy (non-hydrogen) atoms. The molecule has 0 unspecified atom stereocenters. The number of ether oxygens (including phenoxy) is 2. The first-order chi connectivity index (χ1) is 15.1. The molecule has 3 aromatic heterocycles. The number of nitrogens with zero attached hydrogens (tertiary/aromatic N) is 3. The zero-order valence-electron chi connectivity index (χ0n) is 18.3. The van der Waals surface area contributed by atoms with Crippen LogP contribution in [0.4, 0.5) is 14.5 Å². The van der Waals surface area contributed by atoms with E-state index in [1.165, 1.54) is 42.2 Å². The van der Waals surface area contributed by atoms with Crippen molar-refractivity contribution in [2.24, 2.45) is 0 Å². The van der Waals surface area contributed by atoms with E-state index in [4.69, 9.17) is 4.74 Å². The zero-order valence-corrected chi connectivity index (χ0v) is 20.0. The molecule has 0 saturated carbocycles. The summed E-state index contributed by atoms with van der Waals surface area (Å²) < 4.78 is 87.0. The molecule has 0 fully saturated rings. The van der Waals surface area contributed by atoms with E-state index in [9.17, 15) is 25.6 Å². The Labute approximate surface area is 189 Å². The number of rotatable bonds is 7. The van der Waals surface area contributed by atoms with E-state index in [1.54, 1.807) is 20.8 Å². The number of hydrogen-bond donors (Lipinski definition) is 1. The summed E-state index contributed by atoms with van der Waals surface area (Å²) in [4.78, 5) is 7.95. The Morgan fingerprint density at radius 2 is 1.76 bits per heavy atom.